The molecule has 0 amide bonds. The minimum absolute atomic E-state index is 0. The Balaban J connectivity index is 0.000000210. The first kappa shape index (κ1) is 33.1. The summed E-state index contributed by atoms with van der Waals surface area (Å²) in [6, 6.07) is 32.0. The molecule has 3 heterocycles. The maximum Gasteiger partial charge on any atom is 0.354 e. The summed E-state index contributed by atoms with van der Waals surface area (Å²) in [5.74, 6) is -2.98. The molecule has 0 atom stereocenters. The Morgan fingerprint density at radius 1 is 0.415 bits per heavy atom. The first-order valence-corrected chi connectivity index (χ1v) is 11.6. The number of aromatic carboxylic acids is 3. The monoisotopic (exact) mass is 690 g/mol. The molecule has 0 unspecified atom stereocenters. The van der Waals surface area contributed by atoms with Crippen LogP contribution in [0.4, 0.5) is 0 Å². The molecule has 6 aromatic rings. The van der Waals surface area contributed by atoms with Gasteiger partial charge in [-0.15, -0.1) is 0 Å². The zero-order chi connectivity index (χ0) is 27.8. The molecule has 3 aromatic heterocycles. The van der Waals surface area contributed by atoms with E-state index in [9.17, 15) is 14.4 Å². The Morgan fingerprint density at radius 3 is 0.902 bits per heavy atom. The first-order valence-electron chi connectivity index (χ1n) is 11.6. The molecule has 6 rings (SSSR count). The molecule has 1 radical (unpaired) electrons. The molecule has 207 valence electrons. The van der Waals surface area contributed by atoms with Gasteiger partial charge in [-0.3, -0.25) is 0 Å². The smallest absolute Gasteiger partial charge is 0.354 e. The van der Waals surface area contributed by atoms with Crippen LogP contribution in [0.1, 0.15) is 31.5 Å². The molecular formula is C30H23EuN3O7. The van der Waals surface area contributed by atoms with Crippen LogP contribution >= 0.6 is 0 Å². The average molecular weight is 689 g/mol. The van der Waals surface area contributed by atoms with Gasteiger partial charge in [0.05, 0.1) is 16.6 Å². The predicted octanol–water partition coefficient (Wildman–Crippen LogP) is 4.97. The summed E-state index contributed by atoms with van der Waals surface area (Å²) in [5, 5.41) is 28.9. The number of rotatable bonds is 3. The van der Waals surface area contributed by atoms with Crippen molar-refractivity contribution in [1.82, 2.24) is 15.0 Å². The number of carboxylic acids is 3. The van der Waals surface area contributed by atoms with Crippen molar-refractivity contribution in [1.29, 1.82) is 0 Å². The topological polar surface area (TPSA) is 182 Å². The number of benzene rings is 3. The Hall–Kier alpha value is -4.16. The van der Waals surface area contributed by atoms with E-state index in [1.807, 2.05) is 54.6 Å². The molecule has 0 fully saturated rings. The maximum atomic E-state index is 10.6. The van der Waals surface area contributed by atoms with Crippen LogP contribution in [0.25, 0.3) is 32.7 Å². The number of nitrogens with zero attached hydrogens (tertiary/aromatic N) is 3. The standard InChI is InChI=1S/3C10H7NO2.Eu.H2O/c3*12-10(13)9-6-5-7-3-1-2-4-8(7)11-9;;/h3*1-6H,(H,12,13);;1H2. The number of aromatic nitrogens is 3. The van der Waals surface area contributed by atoms with Crippen LogP contribution in [0, 0.1) is 49.4 Å². The van der Waals surface area contributed by atoms with Crippen molar-refractivity contribution >= 4 is 50.6 Å². The van der Waals surface area contributed by atoms with Crippen LogP contribution in [-0.2, 0) is 0 Å². The molecule has 0 saturated carbocycles. The van der Waals surface area contributed by atoms with E-state index in [1.54, 1.807) is 36.4 Å². The van der Waals surface area contributed by atoms with Gasteiger partial charge in [0.1, 0.15) is 17.1 Å². The van der Waals surface area contributed by atoms with Crippen LogP contribution < -0.4 is 0 Å². The summed E-state index contributed by atoms with van der Waals surface area (Å²) >= 11 is 0. The van der Waals surface area contributed by atoms with Gasteiger partial charge in [0.2, 0.25) is 0 Å². The van der Waals surface area contributed by atoms with Crippen molar-refractivity contribution < 1.29 is 84.6 Å². The van der Waals surface area contributed by atoms with E-state index in [2.05, 4.69) is 15.0 Å². The summed E-state index contributed by atoms with van der Waals surface area (Å²) in [5.41, 5.74) is 2.38. The molecule has 5 N–H and O–H groups in total. The summed E-state index contributed by atoms with van der Waals surface area (Å²) in [4.78, 5) is 43.7. The molecule has 0 saturated heterocycles. The van der Waals surface area contributed by atoms with E-state index in [-0.39, 0.29) is 71.9 Å². The van der Waals surface area contributed by atoms with Crippen LogP contribution in [-0.4, -0.2) is 53.7 Å². The Bertz CT molecular complexity index is 1620. The van der Waals surface area contributed by atoms with Crippen molar-refractivity contribution in [2.75, 3.05) is 0 Å². The van der Waals surface area contributed by atoms with Crippen LogP contribution in [0.15, 0.2) is 109 Å². The number of hydrogen-bond acceptors (Lipinski definition) is 6. The van der Waals surface area contributed by atoms with E-state index in [0.29, 0.717) is 16.6 Å². The Kier molecular flexibility index (Phi) is 12.6. The predicted molar refractivity (Wildman–Crippen MR) is 150 cm³/mol. The number of hydrogen-bond donors (Lipinski definition) is 3. The van der Waals surface area contributed by atoms with E-state index in [4.69, 9.17) is 15.3 Å². The third-order valence-corrected chi connectivity index (χ3v) is 5.45. The SMILES string of the molecule is O.O=C(O)c1ccc2ccccc2n1.O=C(O)c1ccc2ccccc2n1.O=C(O)c1ccc2ccccc2n1.[Eu]. The van der Waals surface area contributed by atoms with Crippen molar-refractivity contribution in [2.24, 2.45) is 0 Å². The normalized spacial score (nSPS) is 9.66. The summed E-state index contributed by atoms with van der Waals surface area (Å²) in [7, 11) is 0. The summed E-state index contributed by atoms with van der Waals surface area (Å²) in [6.45, 7) is 0. The van der Waals surface area contributed by atoms with Crippen LogP contribution in [0.5, 0.6) is 0 Å². The number of para-hydroxylation sites is 3. The van der Waals surface area contributed by atoms with Crippen molar-refractivity contribution in [3.63, 3.8) is 0 Å². The van der Waals surface area contributed by atoms with Gasteiger partial charge in [-0.2, -0.15) is 0 Å². The fraction of sp³-hybridized carbons (Fsp3) is 0. The molecule has 0 aliphatic carbocycles. The zero-order valence-electron chi connectivity index (χ0n) is 21.2. The number of carboxylic acid groups (broad SMARTS) is 3. The van der Waals surface area contributed by atoms with Gasteiger partial charge in [0.15, 0.2) is 0 Å². The Labute approximate surface area is 274 Å². The first-order chi connectivity index (χ1) is 18.8. The second-order valence-corrected chi connectivity index (χ2v) is 8.08. The van der Waals surface area contributed by atoms with Gasteiger partial charge in [-0.05, 0) is 36.4 Å². The average Bonchev–Trinajstić information content (AvgIpc) is 2.97. The van der Waals surface area contributed by atoms with E-state index >= 15 is 0 Å². The Morgan fingerprint density at radius 2 is 0.659 bits per heavy atom. The second kappa shape index (κ2) is 15.6. The fourth-order valence-corrected chi connectivity index (χ4v) is 3.56. The summed E-state index contributed by atoms with van der Waals surface area (Å²) in [6.07, 6.45) is 0. The van der Waals surface area contributed by atoms with Crippen LogP contribution in [0.3, 0.4) is 0 Å². The van der Waals surface area contributed by atoms with Crippen molar-refractivity contribution in [2.45, 2.75) is 0 Å². The summed E-state index contributed by atoms with van der Waals surface area (Å²) < 4.78 is 0. The minimum atomic E-state index is -0.995. The molecule has 0 aliphatic rings. The van der Waals surface area contributed by atoms with Gasteiger partial charge in [-0.1, -0.05) is 72.8 Å². The molecule has 0 aliphatic heterocycles. The molecule has 11 heteroatoms. The quantitative estimate of drug-likeness (QED) is 0.231. The van der Waals surface area contributed by atoms with Crippen LogP contribution in [0.2, 0.25) is 0 Å². The zero-order valence-corrected chi connectivity index (χ0v) is 23.6. The largest absolute Gasteiger partial charge is 0.477 e. The van der Waals surface area contributed by atoms with Crippen molar-refractivity contribution in [3.05, 3.63) is 126 Å². The van der Waals surface area contributed by atoms with Gasteiger partial charge in [0.25, 0.3) is 0 Å². The van der Waals surface area contributed by atoms with Gasteiger partial charge >= 0.3 is 17.9 Å². The number of pyridine rings is 3. The molecule has 10 nitrogen and oxygen atoms in total. The molecule has 0 spiro atoms. The van der Waals surface area contributed by atoms with Gasteiger partial charge in [0, 0.05) is 65.5 Å². The molecular weight excluding hydrogens is 666 g/mol. The molecule has 0 bridgehead atoms. The third-order valence-electron chi connectivity index (χ3n) is 5.45. The van der Waals surface area contributed by atoms with E-state index in [1.165, 1.54) is 18.2 Å². The second-order valence-electron chi connectivity index (χ2n) is 8.08. The maximum absolute atomic E-state index is 10.6. The minimum Gasteiger partial charge on any atom is -0.477 e. The van der Waals surface area contributed by atoms with Crippen molar-refractivity contribution in [3.8, 4) is 0 Å². The van der Waals surface area contributed by atoms with E-state index in [0.717, 1.165) is 16.2 Å². The third kappa shape index (κ3) is 8.92. The van der Waals surface area contributed by atoms with Gasteiger partial charge < -0.3 is 20.8 Å². The van der Waals surface area contributed by atoms with E-state index < -0.39 is 17.9 Å². The fourth-order valence-electron chi connectivity index (χ4n) is 3.56. The van der Waals surface area contributed by atoms with Gasteiger partial charge in [-0.25, -0.2) is 29.3 Å². The molecule has 41 heavy (non-hydrogen) atoms. The number of fused-ring (bicyclic) bond motifs is 3. The molecule has 3 aromatic carbocycles. The number of carbonyl (C=O) groups is 3.